The van der Waals surface area contributed by atoms with Gasteiger partial charge in [0, 0.05) is 0 Å². The topological polar surface area (TPSA) is 67.8 Å². The molecule has 2 aromatic carbocycles. The minimum Gasteiger partial charge on any atom is -0.384 e. The SMILES string of the molecule is N#Cc1ccc(C(O)c2ccc(C#N)cc2)cc1. The molecule has 0 saturated heterocycles. The van der Waals surface area contributed by atoms with E-state index in [4.69, 9.17) is 10.5 Å². The number of aliphatic hydroxyl groups excluding tert-OH is 1. The van der Waals surface area contributed by atoms with Crippen molar-refractivity contribution in [3.05, 3.63) is 70.8 Å². The molecule has 0 saturated carbocycles. The minimum atomic E-state index is -0.745. The van der Waals surface area contributed by atoms with E-state index in [-0.39, 0.29) is 0 Å². The molecule has 0 atom stereocenters. The van der Waals surface area contributed by atoms with Crippen LogP contribution in [0.15, 0.2) is 48.5 Å². The quantitative estimate of drug-likeness (QED) is 0.868. The fourth-order valence-corrected chi connectivity index (χ4v) is 1.67. The summed E-state index contributed by atoms with van der Waals surface area (Å²) in [5, 5.41) is 27.6. The van der Waals surface area contributed by atoms with Crippen molar-refractivity contribution in [3.8, 4) is 12.1 Å². The Morgan fingerprint density at radius 3 is 1.33 bits per heavy atom. The Labute approximate surface area is 105 Å². The Bertz CT molecular complexity index is 558. The van der Waals surface area contributed by atoms with Crippen molar-refractivity contribution in [2.24, 2.45) is 0 Å². The van der Waals surface area contributed by atoms with Crippen molar-refractivity contribution in [2.45, 2.75) is 6.10 Å². The average Bonchev–Trinajstić information content (AvgIpc) is 2.47. The van der Waals surface area contributed by atoms with Gasteiger partial charge in [0.2, 0.25) is 0 Å². The van der Waals surface area contributed by atoms with Gasteiger partial charge in [-0.2, -0.15) is 10.5 Å². The molecule has 0 bridgehead atoms. The lowest BCUT2D eigenvalue weighted by Gasteiger charge is -2.11. The van der Waals surface area contributed by atoms with Gasteiger partial charge in [-0.3, -0.25) is 0 Å². The van der Waals surface area contributed by atoms with Gasteiger partial charge in [0.25, 0.3) is 0 Å². The zero-order valence-corrected chi connectivity index (χ0v) is 9.54. The summed E-state index contributed by atoms with van der Waals surface area (Å²) >= 11 is 0. The van der Waals surface area contributed by atoms with Crippen LogP contribution < -0.4 is 0 Å². The normalized spacial score (nSPS) is 9.78. The number of hydrogen-bond donors (Lipinski definition) is 1. The summed E-state index contributed by atoms with van der Waals surface area (Å²) in [5.74, 6) is 0. The molecule has 0 aliphatic heterocycles. The predicted octanol–water partition coefficient (Wildman–Crippen LogP) is 2.51. The van der Waals surface area contributed by atoms with Crippen LogP contribution >= 0.6 is 0 Å². The van der Waals surface area contributed by atoms with E-state index in [1.54, 1.807) is 48.5 Å². The lowest BCUT2D eigenvalue weighted by Crippen LogP contribution is -1.99. The number of aliphatic hydroxyl groups is 1. The summed E-state index contributed by atoms with van der Waals surface area (Å²) in [5.41, 5.74) is 2.56. The highest BCUT2D eigenvalue weighted by Crippen LogP contribution is 2.22. The summed E-state index contributed by atoms with van der Waals surface area (Å²) in [4.78, 5) is 0. The van der Waals surface area contributed by atoms with Crippen LogP contribution in [-0.2, 0) is 0 Å². The second-order valence-electron chi connectivity index (χ2n) is 3.87. The van der Waals surface area contributed by atoms with E-state index in [1.165, 1.54) is 0 Å². The maximum atomic E-state index is 10.2. The monoisotopic (exact) mass is 234 g/mol. The Balaban J connectivity index is 2.27. The molecule has 0 spiro atoms. The molecule has 0 radical (unpaired) electrons. The zero-order valence-electron chi connectivity index (χ0n) is 9.54. The predicted molar refractivity (Wildman–Crippen MR) is 66.4 cm³/mol. The first-order chi connectivity index (χ1) is 8.74. The number of nitrogens with zero attached hydrogens (tertiary/aromatic N) is 2. The second kappa shape index (κ2) is 5.14. The first-order valence-electron chi connectivity index (χ1n) is 5.43. The van der Waals surface area contributed by atoms with E-state index in [0.717, 1.165) is 11.1 Å². The standard InChI is InChI=1S/C15H10N2O/c16-9-11-1-5-13(6-2-11)15(18)14-7-3-12(10-17)4-8-14/h1-8,15,18H. The summed E-state index contributed by atoms with van der Waals surface area (Å²) in [6.07, 6.45) is -0.745. The highest BCUT2D eigenvalue weighted by molar-refractivity contribution is 5.38. The molecule has 0 unspecified atom stereocenters. The summed E-state index contributed by atoms with van der Waals surface area (Å²) in [7, 11) is 0. The van der Waals surface area contributed by atoms with Crippen molar-refractivity contribution in [3.63, 3.8) is 0 Å². The maximum Gasteiger partial charge on any atom is 0.104 e. The third-order valence-corrected chi connectivity index (χ3v) is 2.71. The minimum absolute atomic E-state index is 0.561. The molecule has 2 rings (SSSR count). The molecule has 0 fully saturated rings. The van der Waals surface area contributed by atoms with Crippen molar-refractivity contribution in [2.75, 3.05) is 0 Å². The molecule has 18 heavy (non-hydrogen) atoms. The Morgan fingerprint density at radius 2 is 1.06 bits per heavy atom. The van der Waals surface area contributed by atoms with Crippen LogP contribution in [-0.4, -0.2) is 5.11 Å². The van der Waals surface area contributed by atoms with Crippen molar-refractivity contribution in [1.82, 2.24) is 0 Å². The highest BCUT2D eigenvalue weighted by atomic mass is 16.3. The molecule has 3 heteroatoms. The van der Waals surface area contributed by atoms with E-state index in [1.807, 2.05) is 12.1 Å². The van der Waals surface area contributed by atoms with Crippen LogP contribution in [0.4, 0.5) is 0 Å². The fourth-order valence-electron chi connectivity index (χ4n) is 1.67. The molecule has 0 aliphatic carbocycles. The molecule has 86 valence electrons. The van der Waals surface area contributed by atoms with Crippen LogP contribution in [0, 0.1) is 22.7 Å². The third kappa shape index (κ3) is 2.38. The smallest absolute Gasteiger partial charge is 0.104 e. The van der Waals surface area contributed by atoms with Crippen molar-refractivity contribution in [1.29, 1.82) is 10.5 Å². The molecule has 2 aromatic rings. The average molecular weight is 234 g/mol. The van der Waals surface area contributed by atoms with Crippen LogP contribution in [0.5, 0.6) is 0 Å². The van der Waals surface area contributed by atoms with Gasteiger partial charge in [0.15, 0.2) is 0 Å². The van der Waals surface area contributed by atoms with Gasteiger partial charge in [-0.15, -0.1) is 0 Å². The molecule has 3 nitrogen and oxygen atoms in total. The number of hydrogen-bond acceptors (Lipinski definition) is 3. The third-order valence-electron chi connectivity index (χ3n) is 2.71. The lowest BCUT2D eigenvalue weighted by molar-refractivity contribution is 0.220. The summed E-state index contributed by atoms with van der Waals surface area (Å²) in [6.45, 7) is 0. The molecule has 0 aliphatic rings. The Kier molecular flexibility index (Phi) is 3.38. The van der Waals surface area contributed by atoms with Crippen molar-refractivity contribution >= 4 is 0 Å². The number of benzene rings is 2. The van der Waals surface area contributed by atoms with Crippen LogP contribution in [0.2, 0.25) is 0 Å². The van der Waals surface area contributed by atoms with Crippen LogP contribution in [0.25, 0.3) is 0 Å². The first kappa shape index (κ1) is 11.9. The maximum absolute atomic E-state index is 10.2. The van der Waals surface area contributed by atoms with Gasteiger partial charge < -0.3 is 5.11 Å². The Morgan fingerprint density at radius 1 is 0.722 bits per heavy atom. The van der Waals surface area contributed by atoms with E-state index in [0.29, 0.717) is 11.1 Å². The van der Waals surface area contributed by atoms with Gasteiger partial charge >= 0.3 is 0 Å². The number of rotatable bonds is 2. The van der Waals surface area contributed by atoms with E-state index < -0.39 is 6.10 Å². The van der Waals surface area contributed by atoms with Crippen molar-refractivity contribution < 1.29 is 5.11 Å². The van der Waals surface area contributed by atoms with Gasteiger partial charge in [0.1, 0.15) is 6.10 Å². The van der Waals surface area contributed by atoms with E-state index in [2.05, 4.69) is 0 Å². The van der Waals surface area contributed by atoms with E-state index >= 15 is 0 Å². The first-order valence-corrected chi connectivity index (χ1v) is 5.43. The van der Waals surface area contributed by atoms with Gasteiger partial charge in [-0.05, 0) is 35.4 Å². The van der Waals surface area contributed by atoms with E-state index in [9.17, 15) is 5.11 Å². The molecular weight excluding hydrogens is 224 g/mol. The Hall–Kier alpha value is -2.62. The molecule has 0 heterocycles. The lowest BCUT2D eigenvalue weighted by atomic mass is 10.00. The molecule has 0 aromatic heterocycles. The number of nitriles is 2. The van der Waals surface area contributed by atoms with Gasteiger partial charge in [0.05, 0.1) is 23.3 Å². The molecule has 0 amide bonds. The summed E-state index contributed by atoms with van der Waals surface area (Å²) < 4.78 is 0. The van der Waals surface area contributed by atoms with Gasteiger partial charge in [-0.25, -0.2) is 0 Å². The fraction of sp³-hybridized carbons (Fsp3) is 0.0667. The van der Waals surface area contributed by atoms with Gasteiger partial charge in [-0.1, -0.05) is 24.3 Å². The van der Waals surface area contributed by atoms with Crippen LogP contribution in [0.1, 0.15) is 28.4 Å². The second-order valence-corrected chi connectivity index (χ2v) is 3.87. The highest BCUT2D eigenvalue weighted by Gasteiger charge is 2.10. The van der Waals surface area contributed by atoms with Crippen LogP contribution in [0.3, 0.4) is 0 Å². The largest absolute Gasteiger partial charge is 0.384 e. The molecule has 1 N–H and O–H groups in total. The zero-order chi connectivity index (χ0) is 13.0. The summed E-state index contributed by atoms with van der Waals surface area (Å²) in [6, 6.07) is 17.6. The molecular formula is C15H10N2O.